The summed E-state index contributed by atoms with van der Waals surface area (Å²) in [6, 6.07) is 0. The SMILES string of the molecule is CC(CO)(CCCC(F)(F)F)N1CCNCC1. The van der Waals surface area contributed by atoms with E-state index < -0.39 is 18.1 Å². The van der Waals surface area contributed by atoms with Crippen LogP contribution in [0.3, 0.4) is 0 Å². The molecule has 3 nitrogen and oxygen atoms in total. The highest BCUT2D eigenvalue weighted by Gasteiger charge is 2.34. The van der Waals surface area contributed by atoms with E-state index in [1.807, 2.05) is 6.92 Å². The number of piperazine rings is 1. The van der Waals surface area contributed by atoms with Crippen molar-refractivity contribution in [2.24, 2.45) is 0 Å². The van der Waals surface area contributed by atoms with Crippen LogP contribution in [0.1, 0.15) is 26.2 Å². The van der Waals surface area contributed by atoms with Crippen LogP contribution in [0.5, 0.6) is 0 Å². The van der Waals surface area contributed by atoms with Gasteiger partial charge in [0.15, 0.2) is 0 Å². The van der Waals surface area contributed by atoms with Crippen molar-refractivity contribution < 1.29 is 18.3 Å². The van der Waals surface area contributed by atoms with Gasteiger partial charge in [-0.05, 0) is 19.8 Å². The largest absolute Gasteiger partial charge is 0.394 e. The summed E-state index contributed by atoms with van der Waals surface area (Å²) in [6.07, 6.45) is -4.41. The number of nitrogens with one attached hydrogen (secondary N) is 1. The van der Waals surface area contributed by atoms with Crippen LogP contribution >= 0.6 is 0 Å². The van der Waals surface area contributed by atoms with E-state index in [1.165, 1.54) is 0 Å². The van der Waals surface area contributed by atoms with Crippen molar-refractivity contribution >= 4 is 0 Å². The Labute approximate surface area is 100.0 Å². The molecule has 0 aliphatic carbocycles. The molecule has 6 heteroatoms. The molecule has 0 bridgehead atoms. The average molecular weight is 254 g/mol. The van der Waals surface area contributed by atoms with E-state index in [0.717, 1.165) is 26.2 Å². The number of hydrogen-bond donors (Lipinski definition) is 2. The van der Waals surface area contributed by atoms with Gasteiger partial charge in [-0.2, -0.15) is 13.2 Å². The molecule has 0 aromatic rings. The zero-order chi connectivity index (χ0) is 12.9. The molecular weight excluding hydrogens is 233 g/mol. The van der Waals surface area contributed by atoms with Crippen LogP contribution in [0.25, 0.3) is 0 Å². The van der Waals surface area contributed by atoms with E-state index in [1.54, 1.807) is 0 Å². The van der Waals surface area contributed by atoms with Gasteiger partial charge in [0.2, 0.25) is 0 Å². The third-order valence-corrected chi connectivity index (χ3v) is 3.40. The van der Waals surface area contributed by atoms with Crippen molar-refractivity contribution in [3.63, 3.8) is 0 Å². The first-order valence-electron chi connectivity index (χ1n) is 6.01. The molecule has 102 valence electrons. The monoisotopic (exact) mass is 254 g/mol. The van der Waals surface area contributed by atoms with Gasteiger partial charge in [-0.1, -0.05) is 0 Å². The Kier molecular flexibility index (Phi) is 5.22. The van der Waals surface area contributed by atoms with Crippen LogP contribution in [0.4, 0.5) is 13.2 Å². The summed E-state index contributed by atoms with van der Waals surface area (Å²) in [6.45, 7) is 4.97. The summed E-state index contributed by atoms with van der Waals surface area (Å²) in [5.41, 5.74) is -0.520. The van der Waals surface area contributed by atoms with Gasteiger partial charge in [0.05, 0.1) is 6.61 Å². The van der Waals surface area contributed by atoms with Crippen molar-refractivity contribution in [1.82, 2.24) is 10.2 Å². The summed E-state index contributed by atoms with van der Waals surface area (Å²) in [5.74, 6) is 0. The zero-order valence-corrected chi connectivity index (χ0v) is 10.2. The van der Waals surface area contributed by atoms with E-state index in [2.05, 4.69) is 10.2 Å². The molecule has 0 saturated carbocycles. The Morgan fingerprint density at radius 3 is 2.24 bits per heavy atom. The van der Waals surface area contributed by atoms with Gasteiger partial charge in [0, 0.05) is 38.1 Å². The topological polar surface area (TPSA) is 35.5 Å². The van der Waals surface area contributed by atoms with Crippen LogP contribution in [-0.4, -0.2) is 54.5 Å². The van der Waals surface area contributed by atoms with E-state index in [9.17, 15) is 18.3 Å². The number of alkyl halides is 3. The Balaban J connectivity index is 2.44. The molecule has 0 aromatic carbocycles. The first kappa shape index (κ1) is 14.7. The van der Waals surface area contributed by atoms with Crippen LogP contribution in [0.2, 0.25) is 0 Å². The molecule has 0 aromatic heterocycles. The first-order chi connectivity index (χ1) is 7.87. The molecule has 1 aliphatic heterocycles. The second kappa shape index (κ2) is 6.02. The molecular formula is C11H21F3N2O. The molecule has 1 atom stereocenters. The smallest absolute Gasteiger partial charge is 0.389 e. The quantitative estimate of drug-likeness (QED) is 0.778. The molecule has 1 saturated heterocycles. The highest BCUT2D eigenvalue weighted by molar-refractivity contribution is 4.88. The minimum atomic E-state index is -4.10. The van der Waals surface area contributed by atoms with Crippen LogP contribution in [-0.2, 0) is 0 Å². The molecule has 17 heavy (non-hydrogen) atoms. The van der Waals surface area contributed by atoms with Gasteiger partial charge in [0.25, 0.3) is 0 Å². The summed E-state index contributed by atoms with van der Waals surface area (Å²) in [5, 5.41) is 12.6. The van der Waals surface area contributed by atoms with E-state index in [-0.39, 0.29) is 13.0 Å². The summed E-state index contributed by atoms with van der Waals surface area (Å²) >= 11 is 0. The first-order valence-corrected chi connectivity index (χ1v) is 6.01. The third-order valence-electron chi connectivity index (χ3n) is 3.40. The number of aliphatic hydroxyl groups excluding tert-OH is 1. The highest BCUT2D eigenvalue weighted by Crippen LogP contribution is 2.27. The fourth-order valence-electron chi connectivity index (χ4n) is 2.21. The molecule has 1 aliphatic rings. The number of aliphatic hydroxyl groups is 1. The van der Waals surface area contributed by atoms with Gasteiger partial charge in [0.1, 0.15) is 0 Å². The molecule has 2 N–H and O–H groups in total. The Morgan fingerprint density at radius 2 is 1.76 bits per heavy atom. The van der Waals surface area contributed by atoms with E-state index >= 15 is 0 Å². The van der Waals surface area contributed by atoms with Crippen molar-refractivity contribution in [3.05, 3.63) is 0 Å². The predicted octanol–water partition coefficient (Wildman–Crippen LogP) is 1.38. The van der Waals surface area contributed by atoms with E-state index in [4.69, 9.17) is 0 Å². The number of nitrogens with zero attached hydrogens (tertiary/aromatic N) is 1. The molecule has 0 radical (unpaired) electrons. The lowest BCUT2D eigenvalue weighted by atomic mass is 9.92. The third kappa shape index (κ3) is 4.81. The van der Waals surface area contributed by atoms with Crippen LogP contribution in [0, 0.1) is 0 Å². The minimum absolute atomic E-state index is 0.0739. The predicted molar refractivity (Wildman–Crippen MR) is 59.8 cm³/mol. The van der Waals surface area contributed by atoms with Gasteiger partial charge in [-0.15, -0.1) is 0 Å². The maximum Gasteiger partial charge on any atom is 0.389 e. The van der Waals surface area contributed by atoms with Crippen molar-refractivity contribution in [1.29, 1.82) is 0 Å². The Morgan fingerprint density at radius 1 is 1.18 bits per heavy atom. The molecule has 1 rings (SSSR count). The lowest BCUT2D eigenvalue weighted by Crippen LogP contribution is -2.56. The minimum Gasteiger partial charge on any atom is -0.394 e. The van der Waals surface area contributed by atoms with Gasteiger partial charge in [-0.25, -0.2) is 0 Å². The second-order valence-corrected chi connectivity index (χ2v) is 4.86. The second-order valence-electron chi connectivity index (χ2n) is 4.86. The van der Waals surface area contributed by atoms with Crippen molar-refractivity contribution in [2.45, 2.75) is 37.9 Å². The summed E-state index contributed by atoms with van der Waals surface area (Å²) in [7, 11) is 0. The lowest BCUT2D eigenvalue weighted by Gasteiger charge is -2.42. The summed E-state index contributed by atoms with van der Waals surface area (Å²) < 4.78 is 36.3. The molecule has 0 amide bonds. The van der Waals surface area contributed by atoms with Crippen LogP contribution < -0.4 is 5.32 Å². The van der Waals surface area contributed by atoms with Gasteiger partial charge < -0.3 is 10.4 Å². The number of halogens is 3. The maximum atomic E-state index is 12.1. The lowest BCUT2D eigenvalue weighted by molar-refractivity contribution is -0.137. The highest BCUT2D eigenvalue weighted by atomic mass is 19.4. The average Bonchev–Trinajstić information content (AvgIpc) is 2.28. The number of hydrogen-bond acceptors (Lipinski definition) is 3. The van der Waals surface area contributed by atoms with Crippen LogP contribution in [0.15, 0.2) is 0 Å². The number of rotatable bonds is 5. The van der Waals surface area contributed by atoms with E-state index in [0.29, 0.717) is 6.42 Å². The Bertz CT molecular complexity index is 229. The molecule has 1 heterocycles. The molecule has 1 fully saturated rings. The zero-order valence-electron chi connectivity index (χ0n) is 10.2. The van der Waals surface area contributed by atoms with Gasteiger partial charge in [-0.3, -0.25) is 4.90 Å². The Hall–Kier alpha value is -0.330. The van der Waals surface area contributed by atoms with Crippen molar-refractivity contribution in [2.75, 3.05) is 32.8 Å². The fourth-order valence-corrected chi connectivity index (χ4v) is 2.21. The standard InChI is InChI=1S/C11H21F3N2O/c1-10(9-17,3-2-4-11(12,13)14)16-7-5-15-6-8-16/h15,17H,2-9H2,1H3. The fraction of sp³-hybridized carbons (Fsp3) is 1.00. The normalized spacial score (nSPS) is 22.4. The summed E-state index contributed by atoms with van der Waals surface area (Å²) in [4.78, 5) is 2.08. The molecule has 1 unspecified atom stereocenters. The maximum absolute atomic E-state index is 12.1. The van der Waals surface area contributed by atoms with Gasteiger partial charge >= 0.3 is 6.18 Å². The molecule has 0 spiro atoms. The van der Waals surface area contributed by atoms with Crippen molar-refractivity contribution in [3.8, 4) is 0 Å².